The number of benzene rings is 2. The molecule has 0 fully saturated rings. The van der Waals surface area contributed by atoms with Crippen molar-refractivity contribution in [3.05, 3.63) is 54.1 Å². The molecule has 0 aromatic heterocycles. The third-order valence-electron chi connectivity index (χ3n) is 4.09. The monoisotopic (exact) mass is 296 g/mol. The molecule has 2 aromatic carbocycles. The lowest BCUT2D eigenvalue weighted by atomic mass is 10.0. The summed E-state index contributed by atoms with van der Waals surface area (Å²) in [6.45, 7) is 5.78. The van der Waals surface area contributed by atoms with E-state index in [0.717, 1.165) is 31.1 Å². The van der Waals surface area contributed by atoms with Crippen molar-refractivity contribution in [2.45, 2.75) is 19.8 Å². The summed E-state index contributed by atoms with van der Waals surface area (Å²) in [5.41, 5.74) is 3.95. The van der Waals surface area contributed by atoms with Gasteiger partial charge in [0.15, 0.2) is 0 Å². The van der Waals surface area contributed by atoms with Crippen molar-refractivity contribution >= 4 is 11.4 Å². The lowest BCUT2D eigenvalue weighted by molar-refractivity contribution is 0.341. The number of ether oxygens (including phenoxy) is 1. The van der Waals surface area contributed by atoms with Crippen LogP contribution in [0, 0.1) is 0 Å². The van der Waals surface area contributed by atoms with E-state index in [0.29, 0.717) is 6.61 Å². The number of anilines is 2. The predicted molar refractivity (Wildman–Crippen MR) is 93.1 cm³/mol. The summed E-state index contributed by atoms with van der Waals surface area (Å²) in [5, 5.41) is 3.51. The zero-order valence-electron chi connectivity index (χ0n) is 13.2. The van der Waals surface area contributed by atoms with Gasteiger partial charge in [0.2, 0.25) is 0 Å². The van der Waals surface area contributed by atoms with Gasteiger partial charge in [-0.25, -0.2) is 0 Å². The molecule has 1 aliphatic rings. The lowest BCUT2D eigenvalue weighted by Crippen LogP contribution is -2.33. The molecule has 0 unspecified atom stereocenters. The zero-order chi connectivity index (χ0) is 15.2. The van der Waals surface area contributed by atoms with E-state index in [4.69, 9.17) is 4.74 Å². The summed E-state index contributed by atoms with van der Waals surface area (Å²) in [5.74, 6) is 0.934. The quantitative estimate of drug-likeness (QED) is 0.873. The largest absolute Gasteiger partial charge is 0.492 e. The van der Waals surface area contributed by atoms with Gasteiger partial charge >= 0.3 is 0 Å². The number of fused-ring (bicyclic) bond motifs is 1. The van der Waals surface area contributed by atoms with Gasteiger partial charge in [-0.1, -0.05) is 30.3 Å². The highest BCUT2D eigenvalue weighted by Crippen LogP contribution is 2.27. The standard InChI is InChI=1S/C19H24N2O/c1-2-22-19-12-6-4-10-17(19)20-13-15-21-14-7-9-16-8-3-5-11-18(16)21/h3-6,8,10-12,20H,2,7,9,13-15H2,1H3. The summed E-state index contributed by atoms with van der Waals surface area (Å²) in [7, 11) is 0. The molecular formula is C19H24N2O. The molecule has 116 valence electrons. The molecule has 0 saturated carbocycles. The SMILES string of the molecule is CCOc1ccccc1NCCN1CCCc2ccccc21. The molecule has 0 radical (unpaired) electrons. The van der Waals surface area contributed by atoms with Gasteiger partial charge in [0.1, 0.15) is 5.75 Å². The molecule has 3 nitrogen and oxygen atoms in total. The normalized spacial score (nSPS) is 13.6. The van der Waals surface area contributed by atoms with Crippen molar-refractivity contribution in [2.75, 3.05) is 36.5 Å². The molecule has 0 spiro atoms. The highest BCUT2D eigenvalue weighted by molar-refractivity contribution is 5.58. The third-order valence-corrected chi connectivity index (χ3v) is 4.09. The van der Waals surface area contributed by atoms with Crippen LogP contribution in [0.2, 0.25) is 0 Å². The van der Waals surface area contributed by atoms with Gasteiger partial charge in [0.05, 0.1) is 12.3 Å². The third kappa shape index (κ3) is 3.35. The Bertz CT molecular complexity index is 612. The van der Waals surface area contributed by atoms with Crippen molar-refractivity contribution in [3.8, 4) is 5.75 Å². The molecule has 3 rings (SSSR count). The molecule has 3 heteroatoms. The van der Waals surface area contributed by atoms with E-state index in [1.165, 1.54) is 24.1 Å². The van der Waals surface area contributed by atoms with Crippen LogP contribution < -0.4 is 15.0 Å². The van der Waals surface area contributed by atoms with Crippen LogP contribution in [0.3, 0.4) is 0 Å². The Morgan fingerprint density at radius 1 is 1.09 bits per heavy atom. The van der Waals surface area contributed by atoms with Crippen molar-refractivity contribution in [1.29, 1.82) is 0 Å². The van der Waals surface area contributed by atoms with Gasteiger partial charge in [-0.3, -0.25) is 0 Å². The van der Waals surface area contributed by atoms with Crippen molar-refractivity contribution in [3.63, 3.8) is 0 Å². The first-order valence-corrected chi connectivity index (χ1v) is 8.17. The van der Waals surface area contributed by atoms with Gasteiger partial charge in [0.25, 0.3) is 0 Å². The summed E-state index contributed by atoms with van der Waals surface area (Å²) >= 11 is 0. The number of para-hydroxylation sites is 3. The Labute approximate surface area is 132 Å². The molecule has 1 N–H and O–H groups in total. The molecule has 0 atom stereocenters. The minimum Gasteiger partial charge on any atom is -0.492 e. The summed E-state index contributed by atoms with van der Waals surface area (Å²) in [6, 6.07) is 16.9. The number of aryl methyl sites for hydroxylation is 1. The van der Waals surface area contributed by atoms with Crippen LogP contribution in [-0.2, 0) is 6.42 Å². The molecule has 0 aliphatic carbocycles. The smallest absolute Gasteiger partial charge is 0.142 e. The maximum Gasteiger partial charge on any atom is 0.142 e. The van der Waals surface area contributed by atoms with Crippen LogP contribution in [-0.4, -0.2) is 26.2 Å². The molecule has 0 bridgehead atoms. The topological polar surface area (TPSA) is 24.5 Å². The van der Waals surface area contributed by atoms with E-state index >= 15 is 0 Å². The summed E-state index contributed by atoms with van der Waals surface area (Å²) in [6.07, 6.45) is 2.44. The van der Waals surface area contributed by atoms with Crippen LogP contribution in [0.25, 0.3) is 0 Å². The second-order valence-electron chi connectivity index (χ2n) is 5.58. The minimum atomic E-state index is 0.693. The van der Waals surface area contributed by atoms with Crippen LogP contribution in [0.4, 0.5) is 11.4 Å². The molecular weight excluding hydrogens is 272 g/mol. The van der Waals surface area contributed by atoms with Gasteiger partial charge in [0, 0.05) is 25.3 Å². The Morgan fingerprint density at radius 3 is 2.82 bits per heavy atom. The Morgan fingerprint density at radius 2 is 1.91 bits per heavy atom. The first-order valence-electron chi connectivity index (χ1n) is 8.17. The summed E-state index contributed by atoms with van der Waals surface area (Å²) in [4.78, 5) is 2.48. The van der Waals surface area contributed by atoms with Gasteiger partial charge in [-0.05, 0) is 43.5 Å². The van der Waals surface area contributed by atoms with E-state index in [1.807, 2.05) is 25.1 Å². The molecule has 22 heavy (non-hydrogen) atoms. The number of rotatable bonds is 6. The van der Waals surface area contributed by atoms with E-state index < -0.39 is 0 Å². The average Bonchev–Trinajstić information content (AvgIpc) is 2.57. The number of hydrogen-bond acceptors (Lipinski definition) is 3. The number of hydrogen-bond donors (Lipinski definition) is 1. The second-order valence-corrected chi connectivity index (χ2v) is 5.58. The molecule has 2 aromatic rings. The first kappa shape index (κ1) is 14.8. The highest BCUT2D eigenvalue weighted by atomic mass is 16.5. The fourth-order valence-corrected chi connectivity index (χ4v) is 3.06. The molecule has 1 aliphatic heterocycles. The van der Waals surface area contributed by atoms with Crippen LogP contribution in [0.15, 0.2) is 48.5 Å². The van der Waals surface area contributed by atoms with E-state index in [9.17, 15) is 0 Å². The zero-order valence-corrected chi connectivity index (χ0v) is 13.2. The minimum absolute atomic E-state index is 0.693. The van der Waals surface area contributed by atoms with E-state index in [2.05, 4.69) is 40.5 Å². The van der Waals surface area contributed by atoms with Gasteiger partial charge in [-0.15, -0.1) is 0 Å². The van der Waals surface area contributed by atoms with E-state index in [1.54, 1.807) is 0 Å². The fourth-order valence-electron chi connectivity index (χ4n) is 3.06. The Balaban J connectivity index is 1.60. The van der Waals surface area contributed by atoms with E-state index in [-0.39, 0.29) is 0 Å². The number of nitrogens with zero attached hydrogens (tertiary/aromatic N) is 1. The van der Waals surface area contributed by atoms with Crippen molar-refractivity contribution < 1.29 is 4.74 Å². The average molecular weight is 296 g/mol. The first-order chi connectivity index (χ1) is 10.9. The molecule has 0 amide bonds. The maximum atomic E-state index is 5.66. The molecule has 0 saturated heterocycles. The summed E-state index contributed by atoms with van der Waals surface area (Å²) < 4.78 is 5.66. The number of nitrogens with one attached hydrogen (secondary N) is 1. The Hall–Kier alpha value is -2.16. The van der Waals surface area contributed by atoms with Crippen LogP contribution in [0.5, 0.6) is 5.75 Å². The fraction of sp³-hybridized carbons (Fsp3) is 0.368. The van der Waals surface area contributed by atoms with Gasteiger partial charge in [-0.2, -0.15) is 0 Å². The lowest BCUT2D eigenvalue weighted by Gasteiger charge is -2.31. The van der Waals surface area contributed by atoms with Crippen molar-refractivity contribution in [2.24, 2.45) is 0 Å². The molecule has 1 heterocycles. The van der Waals surface area contributed by atoms with Crippen molar-refractivity contribution in [1.82, 2.24) is 0 Å². The highest BCUT2D eigenvalue weighted by Gasteiger charge is 2.15. The van der Waals surface area contributed by atoms with Gasteiger partial charge < -0.3 is 15.0 Å². The van der Waals surface area contributed by atoms with Crippen LogP contribution in [0.1, 0.15) is 18.9 Å². The second kappa shape index (κ2) is 7.21. The predicted octanol–water partition coefficient (Wildman–Crippen LogP) is 3.95. The maximum absolute atomic E-state index is 5.66. The van der Waals surface area contributed by atoms with Crippen LogP contribution >= 0.6 is 0 Å². The Kier molecular flexibility index (Phi) is 4.84.